The normalized spacial score (nSPS) is 14.8. The summed E-state index contributed by atoms with van der Waals surface area (Å²) >= 11 is 0. The van der Waals surface area contributed by atoms with Crippen LogP contribution >= 0.6 is 0 Å². The number of fused-ring (bicyclic) bond motifs is 1. The molecule has 1 N–H and O–H groups in total. The summed E-state index contributed by atoms with van der Waals surface area (Å²) in [6.07, 6.45) is 0. The van der Waals surface area contributed by atoms with Gasteiger partial charge in [0.2, 0.25) is 6.79 Å². The van der Waals surface area contributed by atoms with E-state index in [9.17, 15) is 9.59 Å². The fraction of sp³-hybridized carbons (Fsp3) is 0.154. The Balaban J connectivity index is 1.65. The van der Waals surface area contributed by atoms with Crippen LogP contribution in [0, 0.1) is 13.8 Å². The highest BCUT2D eigenvalue weighted by atomic mass is 16.7. The third-order valence-corrected chi connectivity index (χ3v) is 5.92. The molecule has 3 aromatic carbocycles. The smallest absolute Gasteiger partial charge is 0.282 e. The van der Waals surface area contributed by atoms with Gasteiger partial charge in [0.25, 0.3) is 11.8 Å². The Morgan fingerprint density at radius 1 is 0.909 bits per heavy atom. The number of rotatable bonds is 5. The third-order valence-electron chi connectivity index (χ3n) is 5.92. The number of nitrogens with one attached hydrogen (secondary N) is 1. The minimum absolute atomic E-state index is 0.145. The average molecular weight is 442 g/mol. The lowest BCUT2D eigenvalue weighted by Gasteiger charge is -2.19. The standard InChI is InChI=1S/C26H22N2O5/c1-15-7-6-9-19(16(15)2)28-25(29)23(18-8-4-5-10-20(18)31-3)24(26(28)30)27-17-11-12-21-22(13-17)33-14-32-21/h4-13,27H,14H2,1-3H3. The number of aryl methyl sites for hydroxylation is 1. The predicted molar refractivity (Wildman–Crippen MR) is 125 cm³/mol. The lowest BCUT2D eigenvalue weighted by Crippen LogP contribution is -2.33. The number of amides is 2. The van der Waals surface area contributed by atoms with Crippen LogP contribution in [0.25, 0.3) is 5.57 Å². The Morgan fingerprint density at radius 2 is 1.70 bits per heavy atom. The largest absolute Gasteiger partial charge is 0.496 e. The first-order valence-corrected chi connectivity index (χ1v) is 10.5. The molecule has 0 radical (unpaired) electrons. The summed E-state index contributed by atoms with van der Waals surface area (Å²) in [5.41, 5.74) is 3.97. The molecule has 5 rings (SSSR count). The zero-order chi connectivity index (χ0) is 23.1. The number of hydrogen-bond acceptors (Lipinski definition) is 6. The van der Waals surface area contributed by atoms with Crippen molar-refractivity contribution in [2.24, 2.45) is 0 Å². The van der Waals surface area contributed by atoms with Crippen molar-refractivity contribution in [3.63, 3.8) is 0 Å². The van der Waals surface area contributed by atoms with E-state index in [1.54, 1.807) is 42.5 Å². The molecular formula is C26H22N2O5. The maximum Gasteiger partial charge on any atom is 0.282 e. The van der Waals surface area contributed by atoms with Gasteiger partial charge in [-0.15, -0.1) is 0 Å². The van der Waals surface area contributed by atoms with Crippen LogP contribution in [0.4, 0.5) is 11.4 Å². The number of ether oxygens (including phenoxy) is 3. The molecule has 2 aliphatic rings. The number of hydrogen-bond donors (Lipinski definition) is 1. The summed E-state index contributed by atoms with van der Waals surface area (Å²) in [7, 11) is 1.54. The number of para-hydroxylation sites is 1. The van der Waals surface area contributed by atoms with Gasteiger partial charge < -0.3 is 19.5 Å². The van der Waals surface area contributed by atoms with Gasteiger partial charge >= 0.3 is 0 Å². The van der Waals surface area contributed by atoms with Gasteiger partial charge in [-0.25, -0.2) is 4.90 Å². The first-order chi connectivity index (χ1) is 16.0. The summed E-state index contributed by atoms with van der Waals surface area (Å²) in [5.74, 6) is 0.850. The van der Waals surface area contributed by atoms with Crippen molar-refractivity contribution < 1.29 is 23.8 Å². The molecule has 0 atom stereocenters. The van der Waals surface area contributed by atoms with E-state index in [1.165, 1.54) is 12.0 Å². The van der Waals surface area contributed by atoms with Gasteiger partial charge in [-0.1, -0.05) is 30.3 Å². The number of carbonyl (C=O) groups is 2. The average Bonchev–Trinajstić information content (AvgIpc) is 3.38. The highest BCUT2D eigenvalue weighted by Gasteiger charge is 2.42. The summed E-state index contributed by atoms with van der Waals surface area (Å²) in [5, 5.41) is 3.16. The summed E-state index contributed by atoms with van der Waals surface area (Å²) < 4.78 is 16.3. The molecule has 2 heterocycles. The zero-order valence-corrected chi connectivity index (χ0v) is 18.5. The molecule has 2 aliphatic heterocycles. The molecule has 0 bridgehead atoms. The molecule has 7 heteroatoms. The van der Waals surface area contributed by atoms with E-state index in [1.807, 2.05) is 32.0 Å². The number of anilines is 2. The van der Waals surface area contributed by atoms with Gasteiger partial charge in [0.15, 0.2) is 11.5 Å². The molecule has 0 unspecified atom stereocenters. The van der Waals surface area contributed by atoms with Crippen LogP contribution in [-0.4, -0.2) is 25.7 Å². The molecule has 0 saturated heterocycles. The van der Waals surface area contributed by atoms with Gasteiger partial charge in [-0.3, -0.25) is 9.59 Å². The highest BCUT2D eigenvalue weighted by Crippen LogP contribution is 2.40. The second-order valence-electron chi connectivity index (χ2n) is 7.81. The summed E-state index contributed by atoms with van der Waals surface area (Å²) in [6, 6.07) is 18.0. The van der Waals surface area contributed by atoms with Gasteiger partial charge in [-0.05, 0) is 49.2 Å². The van der Waals surface area contributed by atoms with Crippen LogP contribution in [-0.2, 0) is 9.59 Å². The van der Waals surface area contributed by atoms with Gasteiger partial charge in [-0.2, -0.15) is 0 Å². The molecule has 0 aromatic heterocycles. The van der Waals surface area contributed by atoms with E-state index in [2.05, 4.69) is 5.32 Å². The Hall–Kier alpha value is -4.26. The van der Waals surface area contributed by atoms with E-state index in [-0.39, 0.29) is 18.1 Å². The third kappa shape index (κ3) is 3.38. The van der Waals surface area contributed by atoms with Crippen molar-refractivity contribution >= 4 is 28.8 Å². The molecular weight excluding hydrogens is 420 g/mol. The Kier molecular flexibility index (Phi) is 5.01. The minimum Gasteiger partial charge on any atom is -0.496 e. The number of nitrogens with zero attached hydrogens (tertiary/aromatic N) is 1. The number of benzene rings is 3. The lowest BCUT2D eigenvalue weighted by atomic mass is 10.0. The number of carbonyl (C=O) groups excluding carboxylic acids is 2. The molecule has 166 valence electrons. The lowest BCUT2D eigenvalue weighted by molar-refractivity contribution is -0.120. The quantitative estimate of drug-likeness (QED) is 0.589. The second-order valence-corrected chi connectivity index (χ2v) is 7.81. The second kappa shape index (κ2) is 8.02. The SMILES string of the molecule is COc1ccccc1C1=C(Nc2ccc3c(c2)OCO3)C(=O)N(c2cccc(C)c2C)C1=O. The Labute approximate surface area is 191 Å². The minimum atomic E-state index is -0.438. The number of methoxy groups -OCH3 is 1. The molecule has 0 aliphatic carbocycles. The Morgan fingerprint density at radius 3 is 2.52 bits per heavy atom. The van der Waals surface area contributed by atoms with E-state index >= 15 is 0 Å². The van der Waals surface area contributed by atoms with Crippen molar-refractivity contribution in [3.05, 3.63) is 83.1 Å². The fourth-order valence-electron chi connectivity index (χ4n) is 4.06. The molecule has 7 nitrogen and oxygen atoms in total. The molecule has 0 fully saturated rings. The van der Waals surface area contributed by atoms with Crippen molar-refractivity contribution in [3.8, 4) is 17.2 Å². The van der Waals surface area contributed by atoms with Crippen molar-refractivity contribution in [1.82, 2.24) is 0 Å². The maximum absolute atomic E-state index is 13.7. The van der Waals surface area contributed by atoms with E-state index in [0.29, 0.717) is 34.2 Å². The Bertz CT molecular complexity index is 1330. The zero-order valence-electron chi connectivity index (χ0n) is 18.5. The first-order valence-electron chi connectivity index (χ1n) is 10.5. The van der Waals surface area contributed by atoms with E-state index in [0.717, 1.165) is 11.1 Å². The van der Waals surface area contributed by atoms with Crippen LogP contribution in [0.3, 0.4) is 0 Å². The monoisotopic (exact) mass is 442 g/mol. The maximum atomic E-state index is 13.7. The van der Waals surface area contributed by atoms with E-state index < -0.39 is 11.8 Å². The summed E-state index contributed by atoms with van der Waals surface area (Å²) in [6.45, 7) is 3.99. The molecule has 0 saturated carbocycles. The van der Waals surface area contributed by atoms with Crippen LogP contribution in [0.2, 0.25) is 0 Å². The van der Waals surface area contributed by atoms with Crippen molar-refractivity contribution in [1.29, 1.82) is 0 Å². The van der Waals surface area contributed by atoms with Crippen LogP contribution in [0.1, 0.15) is 16.7 Å². The molecule has 0 spiro atoms. The first kappa shape index (κ1) is 20.6. The van der Waals surface area contributed by atoms with Gasteiger partial charge in [0, 0.05) is 17.3 Å². The van der Waals surface area contributed by atoms with Crippen LogP contribution < -0.4 is 24.4 Å². The predicted octanol–water partition coefficient (Wildman–Crippen LogP) is 4.44. The fourth-order valence-corrected chi connectivity index (χ4v) is 4.06. The number of imide groups is 1. The van der Waals surface area contributed by atoms with Crippen molar-refractivity contribution in [2.45, 2.75) is 13.8 Å². The van der Waals surface area contributed by atoms with E-state index in [4.69, 9.17) is 14.2 Å². The summed E-state index contributed by atoms with van der Waals surface area (Å²) in [4.78, 5) is 28.7. The topological polar surface area (TPSA) is 77.1 Å². The molecule has 2 amide bonds. The van der Waals surface area contributed by atoms with Gasteiger partial charge in [0.05, 0.1) is 18.4 Å². The van der Waals surface area contributed by atoms with Gasteiger partial charge in [0.1, 0.15) is 11.4 Å². The highest BCUT2D eigenvalue weighted by molar-refractivity contribution is 6.46. The molecule has 3 aromatic rings. The van der Waals surface area contributed by atoms with Crippen LogP contribution in [0.5, 0.6) is 17.2 Å². The van der Waals surface area contributed by atoms with Crippen LogP contribution in [0.15, 0.2) is 66.4 Å². The molecule has 33 heavy (non-hydrogen) atoms. The van der Waals surface area contributed by atoms with Crippen molar-refractivity contribution in [2.75, 3.05) is 24.1 Å².